The van der Waals surface area contributed by atoms with Crippen LogP contribution in [0.15, 0.2) is 24.3 Å². The molecule has 108 valence electrons. The van der Waals surface area contributed by atoms with E-state index in [1.165, 1.54) is 0 Å². The number of ether oxygens (including phenoxy) is 1. The third-order valence-corrected chi connectivity index (χ3v) is 3.32. The van der Waals surface area contributed by atoms with Crippen molar-refractivity contribution in [2.24, 2.45) is 5.92 Å². The van der Waals surface area contributed by atoms with Gasteiger partial charge in [-0.3, -0.25) is 4.79 Å². The molecule has 20 heavy (non-hydrogen) atoms. The maximum atomic E-state index is 11.7. The number of likely N-dealkylation sites (tertiary alicyclic amines) is 1. The Balaban J connectivity index is 1.93. The van der Waals surface area contributed by atoms with E-state index in [1.54, 1.807) is 4.90 Å². The van der Waals surface area contributed by atoms with Gasteiger partial charge in [0, 0.05) is 31.4 Å². The number of hydrogen-bond donors (Lipinski definition) is 0. The van der Waals surface area contributed by atoms with E-state index in [-0.39, 0.29) is 18.9 Å². The van der Waals surface area contributed by atoms with Gasteiger partial charge in [-0.1, -0.05) is 19.1 Å². The largest absolute Gasteiger partial charge is 0.550 e. The van der Waals surface area contributed by atoms with Crippen LogP contribution in [0.25, 0.3) is 0 Å². The molecule has 1 aliphatic rings. The quantitative estimate of drug-likeness (QED) is 0.762. The molecule has 0 bridgehead atoms. The van der Waals surface area contributed by atoms with Crippen molar-refractivity contribution in [1.82, 2.24) is 4.90 Å². The zero-order valence-electron chi connectivity index (χ0n) is 11.5. The van der Waals surface area contributed by atoms with E-state index in [0.717, 1.165) is 17.7 Å². The standard InChI is InChI=1S/C15H19NO4/c1-2-7-20-13-5-3-11(4-6-13)9-16-10-12(15(18)19)8-14(16)17/h3-6,12H,2,7-10H2,1H3,(H,18,19)/p-1/t12-/m1/s1. The van der Waals surface area contributed by atoms with E-state index >= 15 is 0 Å². The lowest BCUT2D eigenvalue weighted by atomic mass is 10.1. The molecule has 1 aromatic rings. The highest BCUT2D eigenvalue weighted by Gasteiger charge is 2.30. The van der Waals surface area contributed by atoms with Gasteiger partial charge < -0.3 is 19.5 Å². The molecule has 0 unspecified atom stereocenters. The van der Waals surface area contributed by atoms with Crippen LogP contribution in [0.3, 0.4) is 0 Å². The minimum Gasteiger partial charge on any atom is -0.550 e. The number of carbonyl (C=O) groups excluding carboxylic acids is 2. The number of carbonyl (C=O) groups is 2. The summed E-state index contributed by atoms with van der Waals surface area (Å²) >= 11 is 0. The molecule has 1 saturated heterocycles. The van der Waals surface area contributed by atoms with Gasteiger partial charge in [-0.2, -0.15) is 0 Å². The predicted octanol–water partition coefficient (Wildman–Crippen LogP) is 0.574. The highest BCUT2D eigenvalue weighted by Crippen LogP contribution is 2.21. The zero-order chi connectivity index (χ0) is 14.5. The number of rotatable bonds is 6. The molecule has 0 aromatic heterocycles. The summed E-state index contributed by atoms with van der Waals surface area (Å²) in [5.74, 6) is -1.17. The second-order valence-corrected chi connectivity index (χ2v) is 4.99. The number of hydrogen-bond acceptors (Lipinski definition) is 4. The monoisotopic (exact) mass is 276 g/mol. The lowest BCUT2D eigenvalue weighted by Gasteiger charge is -2.17. The number of nitrogens with zero attached hydrogens (tertiary/aromatic N) is 1. The van der Waals surface area contributed by atoms with Gasteiger partial charge in [-0.25, -0.2) is 0 Å². The van der Waals surface area contributed by atoms with Crippen molar-refractivity contribution < 1.29 is 19.4 Å². The number of aliphatic carboxylic acids is 1. The number of benzene rings is 1. The summed E-state index contributed by atoms with van der Waals surface area (Å²) < 4.78 is 5.48. The van der Waals surface area contributed by atoms with E-state index in [0.29, 0.717) is 13.2 Å². The Morgan fingerprint density at radius 3 is 2.65 bits per heavy atom. The van der Waals surface area contributed by atoms with Crippen LogP contribution in [-0.2, 0) is 16.1 Å². The average Bonchev–Trinajstić information content (AvgIpc) is 2.80. The first-order chi connectivity index (χ1) is 9.60. The van der Waals surface area contributed by atoms with Gasteiger partial charge in [-0.05, 0) is 24.1 Å². The first-order valence-electron chi connectivity index (χ1n) is 6.80. The molecule has 1 aromatic carbocycles. The Morgan fingerprint density at radius 2 is 2.10 bits per heavy atom. The normalized spacial score (nSPS) is 18.4. The summed E-state index contributed by atoms with van der Waals surface area (Å²) in [6, 6.07) is 7.51. The fourth-order valence-electron chi connectivity index (χ4n) is 2.21. The Kier molecular flexibility index (Phi) is 4.61. The third-order valence-electron chi connectivity index (χ3n) is 3.32. The zero-order valence-corrected chi connectivity index (χ0v) is 11.5. The number of amides is 1. The van der Waals surface area contributed by atoms with Crippen molar-refractivity contribution >= 4 is 11.9 Å². The van der Waals surface area contributed by atoms with Gasteiger partial charge in [0.1, 0.15) is 5.75 Å². The van der Waals surface area contributed by atoms with Crippen molar-refractivity contribution in [3.8, 4) is 5.75 Å². The molecule has 0 aliphatic carbocycles. The highest BCUT2D eigenvalue weighted by molar-refractivity contribution is 5.85. The summed E-state index contributed by atoms with van der Waals surface area (Å²) in [6.07, 6.45) is 0.995. The van der Waals surface area contributed by atoms with Crippen LogP contribution < -0.4 is 9.84 Å². The maximum Gasteiger partial charge on any atom is 0.223 e. The fraction of sp³-hybridized carbons (Fsp3) is 0.467. The smallest absolute Gasteiger partial charge is 0.223 e. The topological polar surface area (TPSA) is 69.7 Å². The summed E-state index contributed by atoms with van der Waals surface area (Å²) in [5.41, 5.74) is 0.959. The summed E-state index contributed by atoms with van der Waals surface area (Å²) in [7, 11) is 0. The van der Waals surface area contributed by atoms with Crippen molar-refractivity contribution in [2.75, 3.05) is 13.2 Å². The molecule has 0 radical (unpaired) electrons. The molecule has 1 amide bonds. The van der Waals surface area contributed by atoms with Crippen LogP contribution in [0.4, 0.5) is 0 Å². The second kappa shape index (κ2) is 6.41. The molecule has 0 spiro atoms. The van der Waals surface area contributed by atoms with Gasteiger partial charge in [-0.15, -0.1) is 0 Å². The Hall–Kier alpha value is -2.04. The third kappa shape index (κ3) is 3.50. The molecule has 0 N–H and O–H groups in total. The number of carboxylic acids is 1. The van der Waals surface area contributed by atoms with Crippen molar-refractivity contribution in [1.29, 1.82) is 0 Å². The predicted molar refractivity (Wildman–Crippen MR) is 70.8 cm³/mol. The van der Waals surface area contributed by atoms with Gasteiger partial charge in [0.15, 0.2) is 0 Å². The molecule has 5 heteroatoms. The van der Waals surface area contributed by atoms with E-state index in [2.05, 4.69) is 0 Å². The molecular weight excluding hydrogens is 258 g/mol. The molecular formula is C15H18NO4-. The van der Waals surface area contributed by atoms with Crippen LogP contribution in [0.5, 0.6) is 5.75 Å². The molecule has 1 fully saturated rings. The summed E-state index contributed by atoms with van der Waals surface area (Å²) in [6.45, 7) is 3.38. The van der Waals surface area contributed by atoms with Gasteiger partial charge >= 0.3 is 0 Å². The first kappa shape index (κ1) is 14.4. The maximum absolute atomic E-state index is 11.7. The highest BCUT2D eigenvalue weighted by atomic mass is 16.5. The molecule has 1 heterocycles. The molecule has 1 atom stereocenters. The van der Waals surface area contributed by atoms with Crippen molar-refractivity contribution in [3.63, 3.8) is 0 Å². The molecule has 0 saturated carbocycles. The Bertz CT molecular complexity index is 483. The molecule has 5 nitrogen and oxygen atoms in total. The average molecular weight is 276 g/mol. The molecule has 2 rings (SSSR count). The number of carboxylic acid groups (broad SMARTS) is 1. The Labute approximate surface area is 118 Å². The van der Waals surface area contributed by atoms with Gasteiger partial charge in [0.25, 0.3) is 0 Å². The fourth-order valence-corrected chi connectivity index (χ4v) is 2.21. The lowest BCUT2D eigenvalue weighted by Crippen LogP contribution is -2.33. The van der Waals surface area contributed by atoms with Crippen LogP contribution in [-0.4, -0.2) is 29.9 Å². The minimum absolute atomic E-state index is 0.0417. The van der Waals surface area contributed by atoms with Gasteiger partial charge in [0.2, 0.25) is 5.91 Å². The first-order valence-corrected chi connectivity index (χ1v) is 6.80. The van der Waals surface area contributed by atoms with E-state index in [9.17, 15) is 14.7 Å². The van der Waals surface area contributed by atoms with Crippen molar-refractivity contribution in [2.45, 2.75) is 26.3 Å². The summed E-state index contributed by atoms with van der Waals surface area (Å²) in [5, 5.41) is 10.8. The van der Waals surface area contributed by atoms with E-state index in [4.69, 9.17) is 4.74 Å². The van der Waals surface area contributed by atoms with Crippen molar-refractivity contribution in [3.05, 3.63) is 29.8 Å². The van der Waals surface area contributed by atoms with Crippen LogP contribution in [0.2, 0.25) is 0 Å². The summed E-state index contributed by atoms with van der Waals surface area (Å²) in [4.78, 5) is 24.1. The lowest BCUT2D eigenvalue weighted by molar-refractivity contribution is -0.311. The second-order valence-electron chi connectivity index (χ2n) is 4.99. The minimum atomic E-state index is -1.15. The van der Waals surface area contributed by atoms with Gasteiger partial charge in [0.05, 0.1) is 6.61 Å². The van der Waals surface area contributed by atoms with Crippen LogP contribution in [0.1, 0.15) is 25.3 Å². The SMILES string of the molecule is CCCOc1ccc(CN2C[C@H](C(=O)[O-])CC2=O)cc1. The van der Waals surface area contributed by atoms with Crippen LogP contribution in [0, 0.1) is 5.92 Å². The van der Waals surface area contributed by atoms with E-state index < -0.39 is 11.9 Å². The molecule has 1 aliphatic heterocycles. The van der Waals surface area contributed by atoms with Crippen LogP contribution >= 0.6 is 0 Å². The van der Waals surface area contributed by atoms with E-state index in [1.807, 2.05) is 31.2 Å². The Morgan fingerprint density at radius 1 is 1.40 bits per heavy atom.